The molecule has 1 unspecified atom stereocenters. The van der Waals surface area contributed by atoms with Gasteiger partial charge in [-0.05, 0) is 69.1 Å². The Morgan fingerprint density at radius 1 is 0.976 bits per heavy atom. The fraction of sp³-hybridized carbons (Fsp3) is 0.419. The van der Waals surface area contributed by atoms with Gasteiger partial charge in [0.15, 0.2) is 0 Å². The van der Waals surface area contributed by atoms with Crippen LogP contribution in [-0.4, -0.2) is 80.5 Å². The smallest absolute Gasteiger partial charge is 0.331 e. The molecule has 11 nitrogen and oxygen atoms in total. The third kappa shape index (κ3) is 6.87. The number of anilines is 1. The molecule has 0 saturated carbocycles. The van der Waals surface area contributed by atoms with E-state index in [1.807, 2.05) is 54.6 Å². The minimum atomic E-state index is -1.03. The van der Waals surface area contributed by atoms with Crippen molar-refractivity contribution in [3.63, 3.8) is 0 Å². The molecule has 42 heavy (non-hydrogen) atoms. The number of piperazine rings is 1. The van der Waals surface area contributed by atoms with Crippen LogP contribution in [0.2, 0.25) is 0 Å². The van der Waals surface area contributed by atoms with Crippen LogP contribution in [0.1, 0.15) is 43.9 Å². The Hall–Kier alpha value is -4.06. The van der Waals surface area contributed by atoms with Crippen LogP contribution in [0.5, 0.6) is 0 Å². The van der Waals surface area contributed by atoms with Crippen molar-refractivity contribution < 1.29 is 9.59 Å². The first-order chi connectivity index (χ1) is 20.1. The number of hydrogen-bond acceptors (Lipinski definition) is 7. The van der Waals surface area contributed by atoms with E-state index in [-0.39, 0.29) is 30.3 Å². The highest BCUT2D eigenvalue weighted by Crippen LogP contribution is 2.28. The van der Waals surface area contributed by atoms with Crippen molar-refractivity contribution in [2.45, 2.75) is 50.9 Å². The van der Waals surface area contributed by atoms with Gasteiger partial charge in [-0.1, -0.05) is 42.5 Å². The number of carbonyl (C=O) groups excluding carboxylic acids is 2. The number of nitrogens with two attached hydrogens (primary N) is 2. The molecule has 5 rings (SSSR count). The Morgan fingerprint density at radius 3 is 2.31 bits per heavy atom. The number of benzene rings is 2. The van der Waals surface area contributed by atoms with Gasteiger partial charge in [0, 0.05) is 38.4 Å². The van der Waals surface area contributed by atoms with Crippen molar-refractivity contribution in [3.05, 3.63) is 88.5 Å². The lowest BCUT2D eigenvalue weighted by atomic mass is 9.98. The first-order valence-corrected chi connectivity index (χ1v) is 14.5. The summed E-state index contributed by atoms with van der Waals surface area (Å²) in [6.07, 6.45) is 3.63. The molecular weight excluding hydrogens is 532 g/mol. The first-order valence-electron chi connectivity index (χ1n) is 14.5. The SMILES string of the molecule is CC(C)(N)C(=O)N1CCN(C(=O)Nc2ccn(-c3ccc(CN4CCC(N)CC4)cc3)c(=O)n2)CC1c1ccccc1. The quantitative estimate of drug-likeness (QED) is 0.411. The van der Waals surface area contributed by atoms with E-state index in [0.29, 0.717) is 24.8 Å². The number of nitrogens with zero attached hydrogens (tertiary/aromatic N) is 5. The lowest BCUT2D eigenvalue weighted by Crippen LogP contribution is -2.59. The van der Waals surface area contributed by atoms with Crippen LogP contribution < -0.4 is 22.5 Å². The second-order valence-electron chi connectivity index (χ2n) is 11.8. The maximum Gasteiger partial charge on any atom is 0.354 e. The number of hydrogen-bond donors (Lipinski definition) is 3. The Balaban J connectivity index is 1.24. The van der Waals surface area contributed by atoms with Gasteiger partial charge in [0.1, 0.15) is 5.82 Å². The third-order valence-electron chi connectivity index (χ3n) is 7.96. The van der Waals surface area contributed by atoms with Crippen LogP contribution in [-0.2, 0) is 11.3 Å². The van der Waals surface area contributed by atoms with E-state index < -0.39 is 11.2 Å². The molecule has 222 valence electrons. The number of carbonyl (C=O) groups is 2. The number of amides is 3. The van der Waals surface area contributed by atoms with Gasteiger partial charge >= 0.3 is 11.7 Å². The monoisotopic (exact) mass is 572 g/mol. The highest BCUT2D eigenvalue weighted by atomic mass is 16.2. The maximum absolute atomic E-state index is 13.2. The largest absolute Gasteiger partial charge is 0.354 e. The van der Waals surface area contributed by atoms with Gasteiger partial charge in [0.05, 0.1) is 17.3 Å². The summed E-state index contributed by atoms with van der Waals surface area (Å²) in [4.78, 5) is 49.1. The van der Waals surface area contributed by atoms with E-state index in [9.17, 15) is 14.4 Å². The van der Waals surface area contributed by atoms with Gasteiger partial charge in [-0.3, -0.25) is 19.6 Å². The van der Waals surface area contributed by atoms with Gasteiger partial charge in [-0.15, -0.1) is 0 Å². The molecule has 1 aromatic heterocycles. The van der Waals surface area contributed by atoms with Crippen molar-refractivity contribution in [2.24, 2.45) is 11.5 Å². The predicted molar refractivity (Wildman–Crippen MR) is 162 cm³/mol. The Labute approximate surface area is 246 Å². The number of rotatable bonds is 6. The Morgan fingerprint density at radius 2 is 1.67 bits per heavy atom. The van der Waals surface area contributed by atoms with Crippen LogP contribution >= 0.6 is 0 Å². The molecule has 1 atom stereocenters. The molecular formula is C31H40N8O3. The standard InChI is InChI=1S/C31H40N8O3/c1-31(2,33)28(40)39-19-18-37(21-26(39)23-6-4-3-5-7-23)29(41)34-27-14-17-38(30(42)35-27)25-10-8-22(9-11-25)20-36-15-12-24(32)13-16-36/h3-11,14,17,24,26H,12-13,15-16,18-21,32-33H2,1-2H3,(H,34,35,41,42). The number of urea groups is 1. The molecule has 2 saturated heterocycles. The minimum Gasteiger partial charge on any atom is -0.331 e. The summed E-state index contributed by atoms with van der Waals surface area (Å²) in [6.45, 7) is 7.15. The average molecular weight is 573 g/mol. The molecule has 3 amide bonds. The molecule has 0 spiro atoms. The molecule has 2 fully saturated rings. The minimum absolute atomic E-state index is 0.166. The maximum atomic E-state index is 13.2. The summed E-state index contributed by atoms with van der Waals surface area (Å²) in [5.74, 6) is -0.00927. The molecule has 5 N–H and O–H groups in total. The van der Waals surface area contributed by atoms with Crippen LogP contribution in [0.15, 0.2) is 71.7 Å². The molecule has 3 heterocycles. The summed E-state index contributed by atoms with van der Waals surface area (Å²) in [7, 11) is 0. The van der Waals surface area contributed by atoms with Crippen molar-refractivity contribution in [3.8, 4) is 5.69 Å². The lowest BCUT2D eigenvalue weighted by molar-refractivity contribution is -0.140. The first kappa shape index (κ1) is 29.4. The zero-order chi connectivity index (χ0) is 29.9. The summed E-state index contributed by atoms with van der Waals surface area (Å²) < 4.78 is 1.45. The van der Waals surface area contributed by atoms with Crippen molar-refractivity contribution in [1.29, 1.82) is 0 Å². The van der Waals surface area contributed by atoms with Crippen molar-refractivity contribution in [1.82, 2.24) is 24.3 Å². The van der Waals surface area contributed by atoms with Crippen LogP contribution in [0.4, 0.5) is 10.6 Å². The van der Waals surface area contributed by atoms with Gasteiger partial charge in [0.2, 0.25) is 5.91 Å². The molecule has 0 bridgehead atoms. The zero-order valence-electron chi connectivity index (χ0n) is 24.3. The average Bonchev–Trinajstić information content (AvgIpc) is 2.98. The normalized spacial score (nSPS) is 18.6. The third-order valence-corrected chi connectivity index (χ3v) is 7.96. The van der Waals surface area contributed by atoms with Crippen molar-refractivity contribution in [2.75, 3.05) is 38.0 Å². The molecule has 11 heteroatoms. The molecule has 2 aromatic carbocycles. The van der Waals surface area contributed by atoms with E-state index in [4.69, 9.17) is 11.5 Å². The highest BCUT2D eigenvalue weighted by Gasteiger charge is 2.38. The zero-order valence-corrected chi connectivity index (χ0v) is 24.3. The predicted octanol–water partition coefficient (Wildman–Crippen LogP) is 2.31. The summed E-state index contributed by atoms with van der Waals surface area (Å²) in [6, 6.07) is 18.6. The summed E-state index contributed by atoms with van der Waals surface area (Å²) >= 11 is 0. The van der Waals surface area contributed by atoms with Crippen molar-refractivity contribution >= 4 is 17.8 Å². The number of likely N-dealkylation sites (tertiary alicyclic amines) is 1. The lowest BCUT2D eigenvalue weighted by Gasteiger charge is -2.43. The fourth-order valence-electron chi connectivity index (χ4n) is 5.53. The van der Waals surface area contributed by atoms with Gasteiger partial charge in [-0.2, -0.15) is 4.98 Å². The molecule has 2 aliphatic rings. The highest BCUT2D eigenvalue weighted by molar-refractivity contribution is 5.89. The second-order valence-corrected chi connectivity index (χ2v) is 11.8. The van der Waals surface area contributed by atoms with E-state index in [0.717, 1.165) is 38.0 Å². The van der Waals surface area contributed by atoms with Gasteiger partial charge < -0.3 is 21.3 Å². The molecule has 2 aliphatic heterocycles. The van der Waals surface area contributed by atoms with Gasteiger partial charge in [0.25, 0.3) is 0 Å². The van der Waals surface area contributed by atoms with E-state index in [1.54, 1.807) is 35.9 Å². The number of aromatic nitrogens is 2. The van der Waals surface area contributed by atoms with E-state index in [1.165, 1.54) is 10.1 Å². The molecule has 0 aliphatic carbocycles. The molecule has 0 radical (unpaired) electrons. The second kappa shape index (κ2) is 12.4. The topological polar surface area (TPSA) is 143 Å². The Bertz CT molecular complexity index is 1440. The molecule has 3 aromatic rings. The fourth-order valence-corrected chi connectivity index (χ4v) is 5.53. The van der Waals surface area contributed by atoms with Gasteiger partial charge in [-0.25, -0.2) is 9.59 Å². The summed E-state index contributed by atoms with van der Waals surface area (Å²) in [5.41, 5.74) is 13.4. The van der Waals surface area contributed by atoms with E-state index >= 15 is 0 Å². The van der Waals surface area contributed by atoms with Crippen LogP contribution in [0.3, 0.4) is 0 Å². The number of nitrogens with one attached hydrogen (secondary N) is 1. The van der Waals surface area contributed by atoms with Crippen LogP contribution in [0, 0.1) is 0 Å². The van der Waals surface area contributed by atoms with Crippen LogP contribution in [0.25, 0.3) is 5.69 Å². The Kier molecular flexibility index (Phi) is 8.72. The van der Waals surface area contributed by atoms with E-state index in [2.05, 4.69) is 15.2 Å². The number of piperidine rings is 1. The summed E-state index contributed by atoms with van der Waals surface area (Å²) in [5, 5.41) is 2.76.